The van der Waals surface area contributed by atoms with Gasteiger partial charge >= 0.3 is 5.97 Å². The van der Waals surface area contributed by atoms with Gasteiger partial charge in [-0.3, -0.25) is 14.5 Å². The smallest absolute Gasteiger partial charge is 0.325 e. The summed E-state index contributed by atoms with van der Waals surface area (Å²) in [5.41, 5.74) is 0.733. The van der Waals surface area contributed by atoms with Gasteiger partial charge in [-0.15, -0.1) is 0 Å². The van der Waals surface area contributed by atoms with Crippen molar-refractivity contribution in [3.8, 4) is 5.75 Å². The summed E-state index contributed by atoms with van der Waals surface area (Å²) in [7, 11) is 1.58. The second-order valence-electron chi connectivity index (χ2n) is 6.76. The summed E-state index contributed by atoms with van der Waals surface area (Å²) in [5, 5.41) is 9.72. The number of piperidine rings is 1. The van der Waals surface area contributed by atoms with Crippen molar-refractivity contribution >= 4 is 11.9 Å². The van der Waals surface area contributed by atoms with Gasteiger partial charge in [-0.1, -0.05) is 12.1 Å². The highest BCUT2D eigenvalue weighted by molar-refractivity contribution is 5.79. The van der Waals surface area contributed by atoms with E-state index >= 15 is 0 Å². The zero-order chi connectivity index (χ0) is 18.5. The van der Waals surface area contributed by atoms with Crippen LogP contribution in [0.3, 0.4) is 0 Å². The van der Waals surface area contributed by atoms with Gasteiger partial charge in [-0.2, -0.15) is 0 Å². The van der Waals surface area contributed by atoms with E-state index in [2.05, 4.69) is 0 Å². The first kappa shape index (κ1) is 18.7. The maximum Gasteiger partial charge on any atom is 0.325 e. The molecule has 2 heterocycles. The van der Waals surface area contributed by atoms with Gasteiger partial charge in [0.25, 0.3) is 0 Å². The van der Waals surface area contributed by atoms with Crippen LogP contribution in [0.15, 0.2) is 24.3 Å². The number of hydrogen-bond donors (Lipinski definition) is 1. The molecule has 0 aromatic heterocycles. The minimum Gasteiger partial charge on any atom is -0.497 e. The number of likely N-dealkylation sites (tertiary alicyclic amines) is 1. The lowest BCUT2D eigenvalue weighted by Crippen LogP contribution is -2.47. The lowest BCUT2D eigenvalue weighted by atomic mass is 9.92. The van der Waals surface area contributed by atoms with Crippen molar-refractivity contribution in [2.45, 2.75) is 18.9 Å². The molecule has 0 saturated carbocycles. The molecule has 1 aromatic carbocycles. The number of ether oxygens (including phenoxy) is 2. The molecule has 7 heteroatoms. The zero-order valence-corrected chi connectivity index (χ0v) is 15.1. The highest BCUT2D eigenvalue weighted by Gasteiger charge is 2.34. The van der Waals surface area contributed by atoms with Crippen molar-refractivity contribution in [2.75, 3.05) is 46.5 Å². The number of carboxylic acids is 1. The predicted octanol–water partition coefficient (Wildman–Crippen LogP) is 1.39. The summed E-state index contributed by atoms with van der Waals surface area (Å²) >= 11 is 0. The van der Waals surface area contributed by atoms with Crippen LogP contribution in [0.4, 0.5) is 0 Å². The maximum atomic E-state index is 12.6. The SMILES string of the molecule is COc1ccc(C(C(=O)O)N2CCC(C(=O)N3CCOCC3)CC2)cc1. The third-order valence-corrected chi connectivity index (χ3v) is 5.23. The first-order chi connectivity index (χ1) is 12.6. The topological polar surface area (TPSA) is 79.3 Å². The predicted molar refractivity (Wildman–Crippen MR) is 95.1 cm³/mol. The molecule has 2 fully saturated rings. The third-order valence-electron chi connectivity index (χ3n) is 5.23. The average Bonchev–Trinajstić information content (AvgIpc) is 2.69. The van der Waals surface area contributed by atoms with Crippen molar-refractivity contribution in [3.63, 3.8) is 0 Å². The molecule has 2 aliphatic heterocycles. The molecule has 142 valence electrons. The van der Waals surface area contributed by atoms with Crippen LogP contribution in [0, 0.1) is 5.92 Å². The molecule has 2 aliphatic rings. The lowest BCUT2D eigenvalue weighted by Gasteiger charge is -2.37. The maximum absolute atomic E-state index is 12.6. The number of carbonyl (C=O) groups is 2. The van der Waals surface area contributed by atoms with E-state index in [1.165, 1.54) is 0 Å². The van der Waals surface area contributed by atoms with Crippen LogP contribution in [-0.4, -0.2) is 73.3 Å². The van der Waals surface area contributed by atoms with Crippen LogP contribution in [0.2, 0.25) is 0 Å². The summed E-state index contributed by atoms with van der Waals surface area (Å²) in [6, 6.07) is 6.45. The molecular weight excluding hydrogens is 336 g/mol. The van der Waals surface area contributed by atoms with Crippen LogP contribution in [-0.2, 0) is 14.3 Å². The minimum atomic E-state index is -0.867. The Bertz CT molecular complexity index is 619. The Balaban J connectivity index is 1.62. The Morgan fingerprint density at radius 3 is 2.27 bits per heavy atom. The van der Waals surface area contributed by atoms with Crippen molar-refractivity contribution in [3.05, 3.63) is 29.8 Å². The molecule has 3 rings (SSSR count). The molecule has 0 spiro atoms. The lowest BCUT2D eigenvalue weighted by molar-refractivity contribution is -0.145. The fraction of sp³-hybridized carbons (Fsp3) is 0.579. The minimum absolute atomic E-state index is 0.0188. The molecule has 26 heavy (non-hydrogen) atoms. The van der Waals surface area contributed by atoms with Crippen LogP contribution >= 0.6 is 0 Å². The second-order valence-corrected chi connectivity index (χ2v) is 6.76. The quantitative estimate of drug-likeness (QED) is 0.853. The van der Waals surface area contributed by atoms with E-state index in [1.54, 1.807) is 31.4 Å². The first-order valence-electron chi connectivity index (χ1n) is 9.07. The van der Waals surface area contributed by atoms with Crippen molar-refractivity contribution in [1.82, 2.24) is 9.80 Å². The van der Waals surface area contributed by atoms with Gasteiger partial charge in [-0.05, 0) is 30.5 Å². The number of carbonyl (C=O) groups excluding carboxylic acids is 1. The van der Waals surface area contributed by atoms with Crippen molar-refractivity contribution < 1.29 is 24.2 Å². The molecule has 2 saturated heterocycles. The van der Waals surface area contributed by atoms with Crippen molar-refractivity contribution in [1.29, 1.82) is 0 Å². The monoisotopic (exact) mass is 362 g/mol. The van der Waals surface area contributed by atoms with Gasteiger partial charge in [-0.25, -0.2) is 0 Å². The van der Waals surface area contributed by atoms with Gasteiger partial charge < -0.3 is 19.5 Å². The van der Waals surface area contributed by atoms with E-state index < -0.39 is 12.0 Å². The number of amides is 1. The van der Waals surface area contributed by atoms with Crippen LogP contribution in [0.5, 0.6) is 5.75 Å². The Morgan fingerprint density at radius 2 is 1.73 bits per heavy atom. The van der Waals surface area contributed by atoms with Crippen LogP contribution < -0.4 is 4.74 Å². The molecule has 0 aliphatic carbocycles. The fourth-order valence-corrected chi connectivity index (χ4v) is 3.74. The number of rotatable bonds is 5. The molecule has 7 nitrogen and oxygen atoms in total. The van der Waals surface area contributed by atoms with Gasteiger partial charge in [0.15, 0.2) is 0 Å². The van der Waals surface area contributed by atoms with Gasteiger partial charge in [0.2, 0.25) is 5.91 Å². The standard InChI is InChI=1S/C19H26N2O5/c1-25-16-4-2-14(3-5-16)17(19(23)24)20-8-6-15(7-9-20)18(22)21-10-12-26-13-11-21/h2-5,15,17H,6-13H2,1H3,(H,23,24). The number of aliphatic carboxylic acids is 1. The molecule has 1 unspecified atom stereocenters. The number of carboxylic acid groups (broad SMARTS) is 1. The number of methoxy groups -OCH3 is 1. The Labute approximate surface area is 153 Å². The van der Waals surface area contributed by atoms with Gasteiger partial charge in [0.05, 0.1) is 20.3 Å². The van der Waals surface area contributed by atoms with Crippen molar-refractivity contribution in [2.24, 2.45) is 5.92 Å². The van der Waals surface area contributed by atoms with E-state index in [1.807, 2.05) is 9.80 Å². The molecule has 1 amide bonds. The normalized spacial score (nSPS) is 20.6. The molecule has 0 radical (unpaired) electrons. The Hall–Kier alpha value is -2.12. The number of morpholine rings is 1. The van der Waals surface area contributed by atoms with E-state index in [-0.39, 0.29) is 11.8 Å². The first-order valence-corrected chi connectivity index (χ1v) is 9.07. The highest BCUT2D eigenvalue weighted by Crippen LogP contribution is 2.29. The molecular formula is C19H26N2O5. The summed E-state index contributed by atoms with van der Waals surface area (Å²) in [6.07, 6.45) is 1.38. The van der Waals surface area contributed by atoms with E-state index in [9.17, 15) is 14.7 Å². The Morgan fingerprint density at radius 1 is 1.12 bits per heavy atom. The number of benzene rings is 1. The number of hydrogen-bond acceptors (Lipinski definition) is 5. The third kappa shape index (κ3) is 4.16. The highest BCUT2D eigenvalue weighted by atomic mass is 16.5. The van der Waals surface area contributed by atoms with Crippen LogP contribution in [0.25, 0.3) is 0 Å². The molecule has 1 atom stereocenters. The van der Waals surface area contributed by atoms with Gasteiger partial charge in [0, 0.05) is 32.1 Å². The summed E-state index contributed by atoms with van der Waals surface area (Å²) in [5.74, 6) is -0.000220. The van der Waals surface area contributed by atoms with Crippen LogP contribution in [0.1, 0.15) is 24.4 Å². The summed E-state index contributed by atoms with van der Waals surface area (Å²) in [4.78, 5) is 28.3. The number of nitrogens with zero attached hydrogens (tertiary/aromatic N) is 2. The van der Waals surface area contributed by atoms with E-state index in [0.717, 1.165) is 5.56 Å². The Kier molecular flexibility index (Phi) is 6.11. The summed E-state index contributed by atoms with van der Waals surface area (Å²) < 4.78 is 10.4. The molecule has 0 bridgehead atoms. The fourth-order valence-electron chi connectivity index (χ4n) is 3.74. The second kappa shape index (κ2) is 8.51. The average molecular weight is 362 g/mol. The zero-order valence-electron chi connectivity index (χ0n) is 15.1. The van der Waals surface area contributed by atoms with E-state index in [0.29, 0.717) is 58.0 Å². The van der Waals surface area contributed by atoms with E-state index in [4.69, 9.17) is 9.47 Å². The van der Waals surface area contributed by atoms with Gasteiger partial charge in [0.1, 0.15) is 11.8 Å². The largest absolute Gasteiger partial charge is 0.497 e. The molecule has 1 aromatic rings. The summed E-state index contributed by atoms with van der Waals surface area (Å²) in [6.45, 7) is 3.71. The molecule has 1 N–H and O–H groups in total.